The van der Waals surface area contributed by atoms with Crippen molar-refractivity contribution in [3.8, 4) is 5.88 Å². The zero-order valence-corrected chi connectivity index (χ0v) is 14.5. The van der Waals surface area contributed by atoms with Gasteiger partial charge in [0.2, 0.25) is 5.88 Å². The number of benzene rings is 1. The Morgan fingerprint density at radius 1 is 1.33 bits per heavy atom. The van der Waals surface area contributed by atoms with Gasteiger partial charge in [0, 0.05) is 13.1 Å². The Labute approximate surface area is 148 Å². The molecule has 5 nitrogen and oxygen atoms in total. The first kappa shape index (κ1) is 17.0. The molecule has 0 radical (unpaired) electrons. The lowest BCUT2D eigenvalue weighted by molar-refractivity contribution is 0.0709. The molecule has 0 spiro atoms. The summed E-state index contributed by atoms with van der Waals surface area (Å²) in [6, 6.07) is 6.07. The van der Waals surface area contributed by atoms with E-state index < -0.39 is 0 Å². The summed E-state index contributed by atoms with van der Waals surface area (Å²) in [7, 11) is 0. The fourth-order valence-electron chi connectivity index (χ4n) is 2.42. The molecule has 2 heterocycles. The average molecular weight is 368 g/mol. The van der Waals surface area contributed by atoms with E-state index in [2.05, 4.69) is 9.97 Å². The van der Waals surface area contributed by atoms with Crippen LogP contribution in [-0.2, 0) is 6.54 Å². The summed E-state index contributed by atoms with van der Waals surface area (Å²) in [4.78, 5) is 22.9. The highest BCUT2D eigenvalue weighted by Gasteiger charge is 2.27. The molecular formula is C16H15ClFN3O2S. The van der Waals surface area contributed by atoms with E-state index in [9.17, 15) is 9.18 Å². The lowest BCUT2D eigenvalue weighted by atomic mass is 10.1. The molecule has 1 aromatic heterocycles. The number of aromatic nitrogens is 2. The Kier molecular flexibility index (Phi) is 5.20. The standard InChI is InChI=1S/C16H15ClFN3O2S/c1-24-16-19-13(17)12-14(20-16)23-8-2-7-21(15(12)22)9-10-3-5-11(18)6-4-10/h3-6H,2,7-9H2,1H3. The molecule has 0 unspecified atom stereocenters. The van der Waals surface area contributed by atoms with Crippen LogP contribution in [0.2, 0.25) is 5.15 Å². The number of nitrogens with zero attached hydrogens (tertiary/aromatic N) is 3. The largest absolute Gasteiger partial charge is 0.477 e. The lowest BCUT2D eigenvalue weighted by Gasteiger charge is -2.26. The predicted octanol–water partition coefficient (Wildman–Crippen LogP) is 3.42. The summed E-state index contributed by atoms with van der Waals surface area (Å²) in [5.41, 5.74) is 1.02. The first-order valence-electron chi connectivity index (χ1n) is 7.36. The molecular weight excluding hydrogens is 353 g/mol. The molecule has 1 aromatic carbocycles. The Morgan fingerprint density at radius 3 is 2.79 bits per heavy atom. The molecule has 0 fully saturated rings. The maximum atomic E-state index is 13.0. The maximum absolute atomic E-state index is 13.0. The van der Waals surface area contributed by atoms with Gasteiger partial charge < -0.3 is 9.64 Å². The van der Waals surface area contributed by atoms with Crippen molar-refractivity contribution < 1.29 is 13.9 Å². The highest BCUT2D eigenvalue weighted by atomic mass is 35.5. The van der Waals surface area contributed by atoms with Gasteiger partial charge in [-0.2, -0.15) is 4.98 Å². The number of amides is 1. The van der Waals surface area contributed by atoms with E-state index in [1.807, 2.05) is 6.26 Å². The van der Waals surface area contributed by atoms with Gasteiger partial charge in [0.1, 0.15) is 16.5 Å². The monoisotopic (exact) mass is 367 g/mol. The Morgan fingerprint density at radius 2 is 2.08 bits per heavy atom. The van der Waals surface area contributed by atoms with Crippen molar-refractivity contribution in [1.82, 2.24) is 14.9 Å². The fourth-order valence-corrected chi connectivity index (χ4v) is 3.06. The van der Waals surface area contributed by atoms with E-state index in [1.165, 1.54) is 23.9 Å². The smallest absolute Gasteiger partial charge is 0.262 e. The summed E-state index contributed by atoms with van der Waals surface area (Å²) < 4.78 is 18.6. The van der Waals surface area contributed by atoms with Crippen LogP contribution in [0.4, 0.5) is 4.39 Å². The number of halogens is 2. The number of carbonyl (C=O) groups excluding carboxylic acids is 1. The zero-order chi connectivity index (χ0) is 17.1. The van der Waals surface area contributed by atoms with E-state index in [4.69, 9.17) is 16.3 Å². The molecule has 24 heavy (non-hydrogen) atoms. The molecule has 0 aliphatic carbocycles. The first-order chi connectivity index (χ1) is 11.6. The number of rotatable bonds is 3. The summed E-state index contributed by atoms with van der Waals surface area (Å²) in [5, 5.41) is 0.539. The van der Waals surface area contributed by atoms with Gasteiger partial charge in [0.25, 0.3) is 5.91 Å². The van der Waals surface area contributed by atoms with Gasteiger partial charge in [0.05, 0.1) is 6.61 Å². The number of carbonyl (C=O) groups is 1. The van der Waals surface area contributed by atoms with Crippen LogP contribution >= 0.6 is 23.4 Å². The third-order valence-electron chi connectivity index (χ3n) is 3.59. The van der Waals surface area contributed by atoms with E-state index in [-0.39, 0.29) is 28.3 Å². The summed E-state index contributed by atoms with van der Waals surface area (Å²) >= 11 is 7.52. The highest BCUT2D eigenvalue weighted by molar-refractivity contribution is 7.98. The van der Waals surface area contributed by atoms with Crippen molar-refractivity contribution in [3.05, 3.63) is 46.4 Å². The molecule has 3 rings (SSSR count). The van der Waals surface area contributed by atoms with Crippen LogP contribution in [0, 0.1) is 5.82 Å². The number of ether oxygens (including phenoxy) is 1. The molecule has 2 aromatic rings. The van der Waals surface area contributed by atoms with Crippen LogP contribution in [0.3, 0.4) is 0 Å². The molecule has 0 bridgehead atoms. The minimum Gasteiger partial charge on any atom is -0.477 e. The van der Waals surface area contributed by atoms with Gasteiger partial charge in [-0.3, -0.25) is 4.79 Å². The third kappa shape index (κ3) is 3.62. The van der Waals surface area contributed by atoms with Crippen LogP contribution in [0.1, 0.15) is 22.3 Å². The second kappa shape index (κ2) is 7.36. The van der Waals surface area contributed by atoms with Gasteiger partial charge in [-0.05, 0) is 30.4 Å². The summed E-state index contributed by atoms with van der Waals surface area (Å²) in [6.07, 6.45) is 2.49. The van der Waals surface area contributed by atoms with E-state index in [0.717, 1.165) is 5.56 Å². The molecule has 0 atom stereocenters. The van der Waals surface area contributed by atoms with Crippen molar-refractivity contribution in [2.45, 2.75) is 18.1 Å². The van der Waals surface area contributed by atoms with Gasteiger partial charge in [0.15, 0.2) is 5.16 Å². The number of hydrogen-bond acceptors (Lipinski definition) is 5. The van der Waals surface area contributed by atoms with Crippen molar-refractivity contribution in [2.24, 2.45) is 0 Å². The Bertz CT molecular complexity index is 758. The van der Waals surface area contributed by atoms with Gasteiger partial charge in [-0.15, -0.1) is 0 Å². The van der Waals surface area contributed by atoms with Gasteiger partial charge in [-0.25, -0.2) is 9.37 Å². The molecule has 8 heteroatoms. The average Bonchev–Trinajstić information content (AvgIpc) is 2.57. The second-order valence-corrected chi connectivity index (χ2v) is 6.37. The summed E-state index contributed by atoms with van der Waals surface area (Å²) in [6.45, 7) is 1.30. The highest BCUT2D eigenvalue weighted by Crippen LogP contribution is 2.29. The predicted molar refractivity (Wildman–Crippen MR) is 90.1 cm³/mol. The molecule has 0 N–H and O–H groups in total. The number of fused-ring (bicyclic) bond motifs is 1. The molecule has 1 aliphatic heterocycles. The Balaban J connectivity index is 1.92. The third-order valence-corrected chi connectivity index (χ3v) is 4.41. The van der Waals surface area contributed by atoms with Crippen LogP contribution in [0.25, 0.3) is 0 Å². The van der Waals surface area contributed by atoms with E-state index in [1.54, 1.807) is 17.0 Å². The van der Waals surface area contributed by atoms with E-state index >= 15 is 0 Å². The first-order valence-corrected chi connectivity index (χ1v) is 8.97. The van der Waals surface area contributed by atoms with Crippen LogP contribution in [0.15, 0.2) is 29.4 Å². The summed E-state index contributed by atoms with van der Waals surface area (Å²) in [5.74, 6) is -0.377. The van der Waals surface area contributed by atoms with E-state index in [0.29, 0.717) is 31.3 Å². The molecule has 1 aliphatic rings. The number of thioether (sulfide) groups is 1. The van der Waals surface area contributed by atoms with Gasteiger partial charge >= 0.3 is 0 Å². The molecule has 0 saturated heterocycles. The topological polar surface area (TPSA) is 55.3 Å². The van der Waals surface area contributed by atoms with Gasteiger partial charge in [-0.1, -0.05) is 35.5 Å². The quantitative estimate of drug-likeness (QED) is 0.472. The Hall–Kier alpha value is -1.86. The lowest BCUT2D eigenvalue weighted by Crippen LogP contribution is -2.35. The minimum absolute atomic E-state index is 0.0837. The van der Waals surface area contributed by atoms with Crippen molar-refractivity contribution >= 4 is 29.3 Å². The second-order valence-electron chi connectivity index (χ2n) is 5.24. The van der Waals surface area contributed by atoms with Crippen molar-refractivity contribution in [3.63, 3.8) is 0 Å². The zero-order valence-electron chi connectivity index (χ0n) is 13.0. The molecule has 0 saturated carbocycles. The van der Waals surface area contributed by atoms with Crippen molar-refractivity contribution in [1.29, 1.82) is 0 Å². The normalized spacial score (nSPS) is 14.6. The fraction of sp³-hybridized carbons (Fsp3) is 0.312. The number of hydrogen-bond donors (Lipinski definition) is 0. The SMILES string of the molecule is CSc1nc(Cl)c2c(n1)OCCCN(Cc1ccc(F)cc1)C2=O. The minimum atomic E-state index is -0.308. The van der Waals surface area contributed by atoms with Crippen LogP contribution in [-0.4, -0.2) is 40.2 Å². The molecule has 1 amide bonds. The molecule has 126 valence electrons. The van der Waals surface area contributed by atoms with Crippen molar-refractivity contribution in [2.75, 3.05) is 19.4 Å². The van der Waals surface area contributed by atoms with Crippen LogP contribution in [0.5, 0.6) is 5.88 Å². The van der Waals surface area contributed by atoms with Crippen LogP contribution < -0.4 is 4.74 Å². The maximum Gasteiger partial charge on any atom is 0.262 e.